The third-order valence-corrected chi connectivity index (χ3v) is 2.98. The fraction of sp³-hybridized carbons (Fsp3) is 0.467. The maximum atomic E-state index is 11.7. The summed E-state index contributed by atoms with van der Waals surface area (Å²) in [5.74, 6) is -1.53. The van der Waals surface area contributed by atoms with Crippen molar-refractivity contribution in [1.82, 2.24) is 0 Å². The number of carbonyl (C=O) groups excluding carboxylic acids is 1. The summed E-state index contributed by atoms with van der Waals surface area (Å²) < 4.78 is 14.9. The lowest BCUT2D eigenvalue weighted by Crippen LogP contribution is -2.15. The van der Waals surface area contributed by atoms with Crippen molar-refractivity contribution >= 4 is 17.8 Å². The molecule has 0 unspecified atom stereocenters. The second-order valence-electron chi connectivity index (χ2n) is 4.63. The number of benzene rings is 1. The molecule has 0 aliphatic rings. The first-order valence-electron chi connectivity index (χ1n) is 7.05. The van der Waals surface area contributed by atoms with Gasteiger partial charge in [-0.15, -0.1) is 0 Å². The highest BCUT2D eigenvalue weighted by Crippen LogP contribution is 2.37. The van der Waals surface area contributed by atoms with E-state index < -0.39 is 12.1 Å². The molecule has 1 rings (SSSR count). The first-order chi connectivity index (χ1) is 10.5. The van der Waals surface area contributed by atoms with E-state index in [4.69, 9.17) is 25.1 Å². The summed E-state index contributed by atoms with van der Waals surface area (Å²) in [6, 6.07) is 2.61. The number of ether oxygens (including phenoxy) is 3. The van der Waals surface area contributed by atoms with Crippen molar-refractivity contribution in [2.75, 3.05) is 19.5 Å². The van der Waals surface area contributed by atoms with Crippen LogP contribution in [0.2, 0.25) is 0 Å². The van der Waals surface area contributed by atoms with Crippen molar-refractivity contribution in [2.45, 2.75) is 32.6 Å². The van der Waals surface area contributed by atoms with Crippen LogP contribution < -0.4 is 15.2 Å². The first-order valence-corrected chi connectivity index (χ1v) is 7.05. The number of nitrogen functional groups attached to an aromatic ring is 1. The zero-order chi connectivity index (χ0) is 16.5. The fourth-order valence-electron chi connectivity index (χ4n) is 1.86. The minimum Gasteiger partial charge on any atom is -0.491 e. The van der Waals surface area contributed by atoms with Gasteiger partial charge in [0.1, 0.15) is 5.56 Å². The number of aromatic carboxylic acids is 1. The second-order valence-corrected chi connectivity index (χ2v) is 4.63. The van der Waals surface area contributed by atoms with Crippen LogP contribution in [0.1, 0.15) is 43.0 Å². The van der Waals surface area contributed by atoms with E-state index in [9.17, 15) is 9.59 Å². The summed E-state index contributed by atoms with van der Waals surface area (Å²) in [5.41, 5.74) is 5.62. The molecular weight excluding hydrogens is 290 g/mol. The van der Waals surface area contributed by atoms with Gasteiger partial charge in [0, 0.05) is 0 Å². The highest BCUT2D eigenvalue weighted by Gasteiger charge is 2.22. The standard InChI is InChI=1S/C15H21NO6/c1-3-4-5-6-9-21-15(19)22-12-10(14(17)18)7-8-11(16)13(12)20-2/h7-8H,3-6,9,16H2,1-2H3,(H,17,18). The summed E-state index contributed by atoms with van der Waals surface area (Å²) in [7, 11) is 1.31. The predicted octanol–water partition coefficient (Wildman–Crippen LogP) is 3.07. The Morgan fingerprint density at radius 3 is 2.50 bits per heavy atom. The van der Waals surface area contributed by atoms with E-state index in [2.05, 4.69) is 6.92 Å². The largest absolute Gasteiger partial charge is 0.514 e. The molecule has 0 amide bonds. The summed E-state index contributed by atoms with van der Waals surface area (Å²) in [4.78, 5) is 22.9. The molecule has 0 saturated carbocycles. The van der Waals surface area contributed by atoms with E-state index in [1.165, 1.54) is 19.2 Å². The van der Waals surface area contributed by atoms with Crippen molar-refractivity contribution in [2.24, 2.45) is 0 Å². The monoisotopic (exact) mass is 311 g/mol. The highest BCUT2D eigenvalue weighted by molar-refractivity contribution is 5.94. The Morgan fingerprint density at radius 1 is 1.18 bits per heavy atom. The van der Waals surface area contributed by atoms with Gasteiger partial charge in [-0.1, -0.05) is 26.2 Å². The quantitative estimate of drug-likeness (QED) is 0.328. The molecule has 7 heteroatoms. The van der Waals surface area contributed by atoms with Gasteiger partial charge in [0.15, 0.2) is 11.5 Å². The van der Waals surface area contributed by atoms with Crippen LogP contribution in [0, 0.1) is 0 Å². The minimum absolute atomic E-state index is 0.0113. The fourth-order valence-corrected chi connectivity index (χ4v) is 1.86. The Kier molecular flexibility index (Phi) is 7.01. The molecule has 0 atom stereocenters. The van der Waals surface area contributed by atoms with Crippen molar-refractivity contribution in [1.29, 1.82) is 0 Å². The molecule has 0 heterocycles. The summed E-state index contributed by atoms with van der Waals surface area (Å²) >= 11 is 0. The number of nitrogens with two attached hydrogens (primary N) is 1. The SMILES string of the molecule is CCCCCCOC(=O)Oc1c(C(=O)O)ccc(N)c1OC. The maximum Gasteiger partial charge on any atom is 0.514 e. The normalized spacial score (nSPS) is 10.1. The number of hydrogen-bond acceptors (Lipinski definition) is 6. The topological polar surface area (TPSA) is 108 Å². The molecule has 122 valence electrons. The number of carbonyl (C=O) groups is 2. The van der Waals surface area contributed by atoms with E-state index in [1.807, 2.05) is 0 Å². The number of hydrogen-bond donors (Lipinski definition) is 2. The van der Waals surface area contributed by atoms with Gasteiger partial charge in [-0.2, -0.15) is 0 Å². The summed E-state index contributed by atoms with van der Waals surface area (Å²) in [6.07, 6.45) is 2.83. The van der Waals surface area contributed by atoms with Crippen molar-refractivity contribution < 1.29 is 28.9 Å². The van der Waals surface area contributed by atoms with Crippen LogP contribution >= 0.6 is 0 Å². The lowest BCUT2D eigenvalue weighted by Gasteiger charge is -2.13. The molecule has 0 spiro atoms. The molecular formula is C15H21NO6. The van der Waals surface area contributed by atoms with E-state index in [-0.39, 0.29) is 29.4 Å². The van der Waals surface area contributed by atoms with E-state index in [0.29, 0.717) is 0 Å². The van der Waals surface area contributed by atoms with Crippen molar-refractivity contribution in [3.63, 3.8) is 0 Å². The smallest absolute Gasteiger partial charge is 0.491 e. The molecule has 0 aromatic heterocycles. The van der Waals surface area contributed by atoms with E-state index in [0.717, 1.165) is 25.7 Å². The van der Waals surface area contributed by atoms with Gasteiger partial charge in [-0.25, -0.2) is 9.59 Å². The molecule has 0 aliphatic heterocycles. The maximum absolute atomic E-state index is 11.7. The number of methoxy groups -OCH3 is 1. The van der Waals surface area contributed by atoms with Gasteiger partial charge in [0.2, 0.25) is 0 Å². The van der Waals surface area contributed by atoms with Gasteiger partial charge in [0.05, 0.1) is 19.4 Å². The predicted molar refractivity (Wildman–Crippen MR) is 80.5 cm³/mol. The number of carboxylic acids is 1. The molecule has 3 N–H and O–H groups in total. The lowest BCUT2D eigenvalue weighted by atomic mass is 10.1. The minimum atomic E-state index is -1.26. The molecule has 1 aromatic rings. The third-order valence-electron chi connectivity index (χ3n) is 2.98. The Hall–Kier alpha value is -2.44. The number of unbranched alkanes of at least 4 members (excludes halogenated alkanes) is 3. The summed E-state index contributed by atoms with van der Waals surface area (Å²) in [5, 5.41) is 9.13. The third kappa shape index (κ3) is 4.83. The van der Waals surface area contributed by atoms with E-state index >= 15 is 0 Å². The Morgan fingerprint density at radius 2 is 1.91 bits per heavy atom. The van der Waals surface area contributed by atoms with Gasteiger partial charge < -0.3 is 25.1 Å². The first kappa shape index (κ1) is 17.6. The zero-order valence-electron chi connectivity index (χ0n) is 12.8. The van der Waals surface area contributed by atoms with Crippen LogP contribution in [0.5, 0.6) is 11.5 Å². The van der Waals surface area contributed by atoms with Crippen LogP contribution in [0.3, 0.4) is 0 Å². The van der Waals surface area contributed by atoms with Gasteiger partial charge in [-0.3, -0.25) is 0 Å². The Balaban J connectivity index is 2.76. The van der Waals surface area contributed by atoms with Crippen LogP contribution in [0.25, 0.3) is 0 Å². The lowest BCUT2D eigenvalue weighted by molar-refractivity contribution is 0.0688. The van der Waals surface area contributed by atoms with Crippen LogP contribution in [0.4, 0.5) is 10.5 Å². The average Bonchev–Trinajstić information content (AvgIpc) is 2.47. The molecule has 22 heavy (non-hydrogen) atoms. The molecule has 7 nitrogen and oxygen atoms in total. The van der Waals surface area contributed by atoms with E-state index in [1.54, 1.807) is 0 Å². The second kappa shape index (κ2) is 8.76. The molecule has 0 fully saturated rings. The number of anilines is 1. The van der Waals surface area contributed by atoms with Crippen molar-refractivity contribution in [3.05, 3.63) is 17.7 Å². The number of carboxylic acid groups (broad SMARTS) is 1. The van der Waals surface area contributed by atoms with Gasteiger partial charge in [-0.05, 0) is 18.6 Å². The van der Waals surface area contributed by atoms with Gasteiger partial charge >= 0.3 is 12.1 Å². The molecule has 0 radical (unpaired) electrons. The highest BCUT2D eigenvalue weighted by atomic mass is 16.7. The Labute approximate surface area is 129 Å². The summed E-state index contributed by atoms with van der Waals surface area (Å²) in [6.45, 7) is 2.29. The van der Waals surface area contributed by atoms with Crippen molar-refractivity contribution in [3.8, 4) is 11.5 Å². The number of rotatable bonds is 8. The van der Waals surface area contributed by atoms with Gasteiger partial charge in [0.25, 0.3) is 0 Å². The molecule has 1 aromatic carbocycles. The van der Waals surface area contributed by atoms with Crippen LogP contribution in [-0.2, 0) is 4.74 Å². The molecule has 0 bridgehead atoms. The van der Waals surface area contributed by atoms with Crippen LogP contribution in [0.15, 0.2) is 12.1 Å². The Bertz CT molecular complexity index is 529. The zero-order valence-corrected chi connectivity index (χ0v) is 12.8. The van der Waals surface area contributed by atoms with Crippen LogP contribution in [-0.4, -0.2) is 30.9 Å². The average molecular weight is 311 g/mol. The molecule has 0 aliphatic carbocycles. The molecule has 0 saturated heterocycles.